The maximum atomic E-state index is 11.3. The number of nitrogens with one attached hydrogen (secondary N) is 2. The zero-order chi connectivity index (χ0) is 11.8. The van der Waals surface area contributed by atoms with Gasteiger partial charge in [0.15, 0.2) is 5.82 Å². The molecule has 6 heteroatoms. The predicted octanol–water partition coefficient (Wildman–Crippen LogP) is 0.319. The molecule has 90 valence electrons. The summed E-state index contributed by atoms with van der Waals surface area (Å²) in [5.74, 6) is 0.709. The van der Waals surface area contributed by atoms with Crippen LogP contribution in [-0.2, 0) is 0 Å². The molecule has 1 aromatic heterocycles. The highest BCUT2D eigenvalue weighted by Gasteiger charge is 2.07. The minimum atomic E-state index is -0.276. The van der Waals surface area contributed by atoms with Crippen LogP contribution in [0.2, 0.25) is 0 Å². The second kappa shape index (κ2) is 6.84. The molecule has 0 atom stereocenters. The largest absolute Gasteiger partial charge is 0.489 e. The van der Waals surface area contributed by atoms with Gasteiger partial charge in [-0.1, -0.05) is 6.42 Å². The van der Waals surface area contributed by atoms with Crippen LogP contribution < -0.4 is 21.3 Å². The molecule has 0 fully saturated rings. The number of ether oxygens (including phenoxy) is 1. The van der Waals surface area contributed by atoms with Crippen molar-refractivity contribution in [3.8, 4) is 5.75 Å². The Kier molecular flexibility index (Phi) is 5.35. The van der Waals surface area contributed by atoms with Gasteiger partial charge in [-0.3, -0.25) is 4.79 Å². The molecule has 1 heterocycles. The van der Waals surface area contributed by atoms with Crippen LogP contribution in [0.4, 0.5) is 5.82 Å². The highest BCUT2D eigenvalue weighted by Crippen LogP contribution is 2.13. The van der Waals surface area contributed by atoms with Gasteiger partial charge < -0.3 is 20.8 Å². The van der Waals surface area contributed by atoms with Crippen LogP contribution in [0.25, 0.3) is 0 Å². The number of rotatable bonds is 7. The molecular weight excluding hydrogens is 208 g/mol. The van der Waals surface area contributed by atoms with E-state index in [2.05, 4.69) is 15.3 Å². The summed E-state index contributed by atoms with van der Waals surface area (Å²) in [6.45, 7) is 1.47. The molecule has 0 aliphatic carbocycles. The van der Waals surface area contributed by atoms with E-state index in [1.165, 1.54) is 13.4 Å². The minimum Gasteiger partial charge on any atom is -0.489 e. The van der Waals surface area contributed by atoms with Crippen molar-refractivity contribution in [3.05, 3.63) is 16.7 Å². The average Bonchev–Trinajstić information content (AvgIpc) is 2.29. The van der Waals surface area contributed by atoms with Crippen molar-refractivity contribution >= 4 is 5.82 Å². The number of hydrogen-bond acceptors (Lipinski definition) is 5. The van der Waals surface area contributed by atoms with Crippen molar-refractivity contribution in [2.75, 3.05) is 25.5 Å². The average molecular weight is 226 g/mol. The summed E-state index contributed by atoms with van der Waals surface area (Å²) in [6, 6.07) is 0. The summed E-state index contributed by atoms with van der Waals surface area (Å²) in [6.07, 6.45) is 4.43. The van der Waals surface area contributed by atoms with Crippen LogP contribution in [0.15, 0.2) is 11.1 Å². The fraction of sp³-hybridized carbons (Fsp3) is 0.600. The first-order valence-electron chi connectivity index (χ1n) is 5.35. The van der Waals surface area contributed by atoms with Gasteiger partial charge in [-0.25, -0.2) is 4.98 Å². The third kappa shape index (κ3) is 3.54. The first-order chi connectivity index (χ1) is 7.79. The maximum absolute atomic E-state index is 11.3. The molecule has 0 amide bonds. The smallest absolute Gasteiger partial charge is 0.295 e. The molecule has 0 aliphatic rings. The quantitative estimate of drug-likeness (QED) is 0.582. The van der Waals surface area contributed by atoms with Crippen LogP contribution in [0.1, 0.15) is 19.3 Å². The monoisotopic (exact) mass is 226 g/mol. The van der Waals surface area contributed by atoms with E-state index in [0.717, 1.165) is 25.8 Å². The highest BCUT2D eigenvalue weighted by atomic mass is 16.5. The van der Waals surface area contributed by atoms with Gasteiger partial charge in [0, 0.05) is 6.54 Å². The molecular formula is C10H18N4O2. The zero-order valence-corrected chi connectivity index (χ0v) is 9.45. The minimum absolute atomic E-state index is 0.223. The first-order valence-corrected chi connectivity index (χ1v) is 5.35. The molecule has 0 unspecified atom stereocenters. The Hall–Kier alpha value is -1.56. The van der Waals surface area contributed by atoms with Crippen molar-refractivity contribution in [1.82, 2.24) is 9.97 Å². The van der Waals surface area contributed by atoms with Crippen molar-refractivity contribution in [2.45, 2.75) is 19.3 Å². The molecule has 1 rings (SSSR count). The normalized spacial score (nSPS) is 10.1. The summed E-state index contributed by atoms with van der Waals surface area (Å²) in [7, 11) is 1.45. The highest BCUT2D eigenvalue weighted by molar-refractivity contribution is 5.47. The molecule has 0 aliphatic heterocycles. The number of H-pyrrole nitrogens is 1. The molecule has 4 N–H and O–H groups in total. The summed E-state index contributed by atoms with van der Waals surface area (Å²) in [5, 5.41) is 3.07. The van der Waals surface area contributed by atoms with Crippen LogP contribution in [0.3, 0.4) is 0 Å². The topological polar surface area (TPSA) is 93.0 Å². The van der Waals surface area contributed by atoms with E-state index in [1.54, 1.807) is 0 Å². The van der Waals surface area contributed by atoms with Crippen molar-refractivity contribution < 1.29 is 4.74 Å². The number of aromatic amines is 1. The van der Waals surface area contributed by atoms with E-state index in [1.807, 2.05) is 0 Å². The number of aromatic nitrogens is 2. The van der Waals surface area contributed by atoms with E-state index in [4.69, 9.17) is 10.5 Å². The molecule has 0 saturated carbocycles. The van der Waals surface area contributed by atoms with Crippen molar-refractivity contribution in [3.63, 3.8) is 0 Å². The van der Waals surface area contributed by atoms with Crippen LogP contribution in [0.5, 0.6) is 5.75 Å². The summed E-state index contributed by atoms with van der Waals surface area (Å²) < 4.78 is 4.97. The molecule has 16 heavy (non-hydrogen) atoms. The summed E-state index contributed by atoms with van der Waals surface area (Å²) in [5.41, 5.74) is 5.11. The van der Waals surface area contributed by atoms with Gasteiger partial charge in [0.05, 0.1) is 13.4 Å². The fourth-order valence-electron chi connectivity index (χ4n) is 1.36. The Morgan fingerprint density at radius 1 is 1.50 bits per heavy atom. The van der Waals surface area contributed by atoms with Gasteiger partial charge in [0.2, 0.25) is 5.75 Å². The second-order valence-corrected chi connectivity index (χ2v) is 3.39. The summed E-state index contributed by atoms with van der Waals surface area (Å²) >= 11 is 0. The SMILES string of the molecule is COc1c(NCCCCCN)nc[nH]c1=O. The number of unbranched alkanes of at least 4 members (excludes halogenated alkanes) is 2. The zero-order valence-electron chi connectivity index (χ0n) is 9.45. The second-order valence-electron chi connectivity index (χ2n) is 3.39. The van der Waals surface area contributed by atoms with Crippen molar-refractivity contribution in [2.24, 2.45) is 5.73 Å². The lowest BCUT2D eigenvalue weighted by molar-refractivity contribution is 0.408. The summed E-state index contributed by atoms with van der Waals surface area (Å²) in [4.78, 5) is 17.8. The first kappa shape index (κ1) is 12.5. The Balaban J connectivity index is 2.47. The molecule has 0 aromatic carbocycles. The van der Waals surface area contributed by atoms with E-state index in [9.17, 15) is 4.79 Å². The fourth-order valence-corrected chi connectivity index (χ4v) is 1.36. The molecule has 0 saturated heterocycles. The standard InChI is InChI=1S/C10H18N4O2/c1-16-8-9(13-7-14-10(8)15)12-6-4-2-3-5-11/h7H,2-6,11H2,1H3,(H2,12,13,14,15). The maximum Gasteiger partial charge on any atom is 0.295 e. The van der Waals surface area contributed by atoms with E-state index >= 15 is 0 Å². The number of anilines is 1. The number of nitrogens with zero attached hydrogens (tertiary/aromatic N) is 1. The lowest BCUT2D eigenvalue weighted by Crippen LogP contribution is -2.14. The Morgan fingerprint density at radius 2 is 2.31 bits per heavy atom. The number of nitrogens with two attached hydrogens (primary N) is 1. The van der Waals surface area contributed by atoms with E-state index in [-0.39, 0.29) is 11.3 Å². The third-order valence-electron chi connectivity index (χ3n) is 2.19. The lowest BCUT2D eigenvalue weighted by Gasteiger charge is -2.08. The van der Waals surface area contributed by atoms with Gasteiger partial charge in [-0.2, -0.15) is 0 Å². The number of methoxy groups -OCH3 is 1. The van der Waals surface area contributed by atoms with E-state index < -0.39 is 0 Å². The van der Waals surface area contributed by atoms with Crippen LogP contribution >= 0.6 is 0 Å². The van der Waals surface area contributed by atoms with Gasteiger partial charge in [-0.05, 0) is 19.4 Å². The molecule has 0 spiro atoms. The van der Waals surface area contributed by atoms with E-state index in [0.29, 0.717) is 12.4 Å². The molecule has 0 bridgehead atoms. The van der Waals surface area contributed by atoms with Gasteiger partial charge in [0.25, 0.3) is 5.56 Å². The number of hydrogen-bond donors (Lipinski definition) is 3. The molecule has 6 nitrogen and oxygen atoms in total. The Morgan fingerprint density at radius 3 is 3.00 bits per heavy atom. The third-order valence-corrected chi connectivity index (χ3v) is 2.19. The van der Waals surface area contributed by atoms with Crippen LogP contribution in [0, 0.1) is 0 Å². The van der Waals surface area contributed by atoms with Gasteiger partial charge in [0.1, 0.15) is 0 Å². The Bertz CT molecular complexity index is 364. The van der Waals surface area contributed by atoms with Crippen LogP contribution in [-0.4, -0.2) is 30.2 Å². The lowest BCUT2D eigenvalue weighted by atomic mass is 10.2. The predicted molar refractivity (Wildman–Crippen MR) is 62.8 cm³/mol. The van der Waals surface area contributed by atoms with Gasteiger partial charge >= 0.3 is 0 Å². The molecule has 0 radical (unpaired) electrons. The Labute approximate surface area is 94.2 Å². The van der Waals surface area contributed by atoms with Crippen molar-refractivity contribution in [1.29, 1.82) is 0 Å². The van der Waals surface area contributed by atoms with Gasteiger partial charge in [-0.15, -0.1) is 0 Å². The molecule has 1 aromatic rings.